The molecule has 6 heteroatoms. The molecule has 0 amide bonds. The maximum Gasteiger partial charge on any atom is 0.255 e. The van der Waals surface area contributed by atoms with Gasteiger partial charge in [-0.2, -0.15) is 5.10 Å². The van der Waals surface area contributed by atoms with Crippen LogP contribution in [0, 0.1) is 0 Å². The molecule has 0 aliphatic carbocycles. The van der Waals surface area contributed by atoms with Crippen molar-refractivity contribution < 1.29 is 0 Å². The molecule has 0 radical (unpaired) electrons. The van der Waals surface area contributed by atoms with E-state index in [0.717, 1.165) is 43.1 Å². The van der Waals surface area contributed by atoms with Crippen molar-refractivity contribution in [3.8, 4) is 0 Å². The van der Waals surface area contributed by atoms with Crippen LogP contribution in [-0.4, -0.2) is 31.2 Å². The lowest BCUT2D eigenvalue weighted by Gasteiger charge is -2.29. The Hall–Kier alpha value is -1.95. The van der Waals surface area contributed by atoms with Crippen LogP contribution < -0.4 is 5.56 Å². The van der Waals surface area contributed by atoms with E-state index in [4.69, 9.17) is 4.98 Å². The highest BCUT2D eigenvalue weighted by atomic mass is 16.1. The van der Waals surface area contributed by atoms with Gasteiger partial charge in [-0.15, -0.1) is 0 Å². The van der Waals surface area contributed by atoms with Gasteiger partial charge in [-0.05, 0) is 13.0 Å². The maximum absolute atomic E-state index is 12.5. The Kier molecular flexibility index (Phi) is 4.10. The fourth-order valence-corrected chi connectivity index (χ4v) is 2.98. The van der Waals surface area contributed by atoms with Crippen molar-refractivity contribution in [1.29, 1.82) is 0 Å². The molecule has 0 spiro atoms. The third-order valence-corrected chi connectivity index (χ3v) is 4.35. The van der Waals surface area contributed by atoms with Gasteiger partial charge in [0.25, 0.3) is 5.56 Å². The van der Waals surface area contributed by atoms with E-state index in [1.807, 2.05) is 16.9 Å². The van der Waals surface area contributed by atoms with E-state index in [9.17, 15) is 4.79 Å². The summed E-state index contributed by atoms with van der Waals surface area (Å²) in [5, 5.41) is 4.31. The van der Waals surface area contributed by atoms with Crippen LogP contribution in [0.2, 0.25) is 0 Å². The summed E-state index contributed by atoms with van der Waals surface area (Å²) in [6.45, 7) is 11.5. The average Bonchev–Trinajstić information content (AvgIpc) is 2.94. The van der Waals surface area contributed by atoms with Crippen LogP contribution in [0.25, 0.3) is 0 Å². The van der Waals surface area contributed by atoms with Gasteiger partial charge >= 0.3 is 0 Å². The molecule has 0 saturated carbocycles. The van der Waals surface area contributed by atoms with Crippen molar-refractivity contribution in [3.05, 3.63) is 45.4 Å². The van der Waals surface area contributed by atoms with E-state index in [1.165, 1.54) is 5.69 Å². The first-order valence-corrected chi connectivity index (χ1v) is 8.24. The number of fused-ring (bicyclic) bond motifs is 1. The monoisotopic (exact) mass is 315 g/mol. The molecule has 6 nitrogen and oxygen atoms in total. The number of H-pyrrole nitrogens is 1. The molecule has 0 aromatic carbocycles. The molecule has 0 fully saturated rings. The topological polar surface area (TPSA) is 66.8 Å². The summed E-state index contributed by atoms with van der Waals surface area (Å²) in [6, 6.07) is 2.05. The fourth-order valence-electron chi connectivity index (χ4n) is 2.98. The molecular weight excluding hydrogens is 290 g/mol. The lowest BCUT2D eigenvalue weighted by molar-refractivity contribution is 0.233. The summed E-state index contributed by atoms with van der Waals surface area (Å²) in [5.41, 5.74) is 2.82. The fraction of sp³-hybridized carbons (Fsp3) is 0.588. The molecular formula is C17H25N5O. The molecule has 23 heavy (non-hydrogen) atoms. The number of hydrogen-bond acceptors (Lipinski definition) is 4. The van der Waals surface area contributed by atoms with Crippen molar-refractivity contribution >= 4 is 0 Å². The second kappa shape index (κ2) is 5.92. The highest BCUT2D eigenvalue weighted by molar-refractivity contribution is 5.22. The van der Waals surface area contributed by atoms with Crippen LogP contribution in [0.5, 0.6) is 0 Å². The highest BCUT2D eigenvalue weighted by Gasteiger charge is 2.25. The van der Waals surface area contributed by atoms with Gasteiger partial charge in [-0.3, -0.25) is 14.4 Å². The largest absolute Gasteiger partial charge is 0.310 e. The number of hydrogen-bond donors (Lipinski definition) is 1. The Labute approximate surface area is 136 Å². The molecule has 0 saturated heterocycles. The molecule has 2 aromatic rings. The lowest BCUT2D eigenvalue weighted by atomic mass is 9.95. The van der Waals surface area contributed by atoms with Crippen molar-refractivity contribution in [1.82, 2.24) is 24.6 Å². The van der Waals surface area contributed by atoms with Crippen molar-refractivity contribution in [3.63, 3.8) is 0 Å². The summed E-state index contributed by atoms with van der Waals surface area (Å²) in [7, 11) is 0. The van der Waals surface area contributed by atoms with Crippen LogP contribution in [0.3, 0.4) is 0 Å². The zero-order valence-corrected chi connectivity index (χ0v) is 14.4. The molecule has 1 N–H and O–H groups in total. The third kappa shape index (κ3) is 3.22. The third-order valence-electron chi connectivity index (χ3n) is 4.35. The van der Waals surface area contributed by atoms with E-state index < -0.39 is 0 Å². The number of nitrogens with zero attached hydrogens (tertiary/aromatic N) is 4. The average molecular weight is 315 g/mol. The number of nitrogens with one attached hydrogen (secondary N) is 1. The number of rotatable bonds is 3. The second-order valence-electron chi connectivity index (χ2n) is 7.19. The van der Waals surface area contributed by atoms with Crippen LogP contribution in [0.15, 0.2) is 17.1 Å². The highest BCUT2D eigenvalue weighted by Crippen LogP contribution is 2.21. The van der Waals surface area contributed by atoms with Gasteiger partial charge < -0.3 is 4.98 Å². The lowest BCUT2D eigenvalue weighted by Crippen LogP contribution is -2.37. The van der Waals surface area contributed by atoms with Gasteiger partial charge in [-0.25, -0.2) is 4.98 Å². The predicted octanol–water partition coefficient (Wildman–Crippen LogP) is 1.84. The summed E-state index contributed by atoms with van der Waals surface area (Å²) < 4.78 is 2.00. The molecule has 1 aliphatic rings. The Morgan fingerprint density at radius 2 is 2.13 bits per heavy atom. The predicted molar refractivity (Wildman–Crippen MR) is 89.3 cm³/mol. The summed E-state index contributed by atoms with van der Waals surface area (Å²) >= 11 is 0. The normalized spacial score (nSPS) is 15.7. The van der Waals surface area contributed by atoms with Gasteiger partial charge in [0.15, 0.2) is 0 Å². The van der Waals surface area contributed by atoms with Gasteiger partial charge in [0.1, 0.15) is 5.82 Å². The van der Waals surface area contributed by atoms with Crippen LogP contribution in [0.4, 0.5) is 0 Å². The summed E-state index contributed by atoms with van der Waals surface area (Å²) in [6.07, 6.45) is 2.66. The minimum absolute atomic E-state index is 0.00799. The van der Waals surface area contributed by atoms with E-state index >= 15 is 0 Å². The molecule has 0 bridgehead atoms. The molecule has 1 aliphatic heterocycles. The minimum Gasteiger partial charge on any atom is -0.310 e. The molecule has 0 atom stereocenters. The number of aromatic nitrogens is 4. The Morgan fingerprint density at radius 3 is 2.83 bits per heavy atom. The Bertz CT molecular complexity index is 753. The Balaban J connectivity index is 1.83. The summed E-state index contributed by atoms with van der Waals surface area (Å²) in [5.74, 6) is 0.777. The minimum atomic E-state index is -0.140. The quantitative estimate of drug-likeness (QED) is 0.938. The van der Waals surface area contributed by atoms with Crippen molar-refractivity contribution in [2.75, 3.05) is 6.54 Å². The van der Waals surface area contributed by atoms with Crippen LogP contribution in [-0.2, 0) is 31.5 Å². The zero-order valence-electron chi connectivity index (χ0n) is 14.4. The van der Waals surface area contributed by atoms with Gasteiger partial charge in [0, 0.05) is 44.2 Å². The van der Waals surface area contributed by atoms with Crippen LogP contribution in [0.1, 0.15) is 50.5 Å². The first-order valence-electron chi connectivity index (χ1n) is 8.24. The summed E-state index contributed by atoms with van der Waals surface area (Å²) in [4.78, 5) is 22.4. The second-order valence-corrected chi connectivity index (χ2v) is 7.19. The maximum atomic E-state index is 12.5. The van der Waals surface area contributed by atoms with E-state index in [-0.39, 0.29) is 11.0 Å². The standard InChI is InChI=1S/C17H25N5O/c1-5-22-12(6-8-18-22)10-21-9-7-14-13(11-21)15(23)20-16(19-14)17(2,3)4/h6,8H,5,7,9-11H2,1-4H3,(H,19,20,23). The van der Waals surface area contributed by atoms with Crippen molar-refractivity contribution in [2.24, 2.45) is 0 Å². The number of aromatic amines is 1. The number of aryl methyl sites for hydroxylation is 1. The molecule has 2 aromatic heterocycles. The molecule has 3 rings (SSSR count). The molecule has 3 heterocycles. The van der Waals surface area contributed by atoms with Gasteiger partial charge in [0.05, 0.1) is 17.0 Å². The van der Waals surface area contributed by atoms with Gasteiger partial charge in [-0.1, -0.05) is 20.8 Å². The first-order chi connectivity index (χ1) is 10.9. The van der Waals surface area contributed by atoms with Gasteiger partial charge in [0.2, 0.25) is 0 Å². The van der Waals surface area contributed by atoms with E-state index in [2.05, 4.69) is 42.7 Å². The first kappa shape index (κ1) is 15.9. The SMILES string of the molecule is CCn1nccc1CN1CCc2nc(C(C)(C)C)[nH]c(=O)c2C1. The molecule has 0 unspecified atom stereocenters. The zero-order chi connectivity index (χ0) is 16.6. The Morgan fingerprint density at radius 1 is 1.35 bits per heavy atom. The molecule has 124 valence electrons. The van der Waals surface area contributed by atoms with Crippen molar-refractivity contribution in [2.45, 2.75) is 59.2 Å². The van der Waals surface area contributed by atoms with E-state index in [1.54, 1.807) is 0 Å². The van der Waals surface area contributed by atoms with E-state index in [0.29, 0.717) is 6.54 Å². The smallest absolute Gasteiger partial charge is 0.255 e. The van der Waals surface area contributed by atoms with Crippen LogP contribution >= 0.6 is 0 Å².